The van der Waals surface area contributed by atoms with Gasteiger partial charge < -0.3 is 10.4 Å². The number of alkyl halides is 2. The topological polar surface area (TPSA) is 66.4 Å². The van der Waals surface area contributed by atoms with Gasteiger partial charge in [-0.3, -0.25) is 9.59 Å². The third-order valence-electron chi connectivity index (χ3n) is 4.32. The highest BCUT2D eigenvalue weighted by Crippen LogP contribution is 2.36. The fourth-order valence-corrected chi connectivity index (χ4v) is 2.68. The molecule has 1 amide bonds. The molecule has 2 N–H and O–H groups in total. The Morgan fingerprint density at radius 2 is 1.75 bits per heavy atom. The lowest BCUT2D eigenvalue weighted by Gasteiger charge is -2.35. The van der Waals surface area contributed by atoms with Crippen molar-refractivity contribution < 1.29 is 23.5 Å². The van der Waals surface area contributed by atoms with Crippen molar-refractivity contribution in [2.45, 2.75) is 70.3 Å². The Morgan fingerprint density at radius 1 is 1.25 bits per heavy atom. The molecule has 20 heavy (non-hydrogen) atoms. The van der Waals surface area contributed by atoms with Gasteiger partial charge in [0.1, 0.15) is 0 Å². The van der Waals surface area contributed by atoms with Crippen LogP contribution >= 0.6 is 0 Å². The average molecular weight is 291 g/mol. The molecule has 0 radical (unpaired) electrons. The minimum atomic E-state index is -2.66. The maximum atomic E-state index is 13.1. The van der Waals surface area contributed by atoms with Crippen LogP contribution in [0.3, 0.4) is 0 Å². The molecule has 0 aromatic carbocycles. The predicted octanol–water partition coefficient (Wildman–Crippen LogP) is 2.96. The first-order valence-electron chi connectivity index (χ1n) is 7.15. The number of halogens is 2. The molecule has 0 atom stereocenters. The second kappa shape index (κ2) is 6.50. The van der Waals surface area contributed by atoms with Gasteiger partial charge >= 0.3 is 5.97 Å². The van der Waals surface area contributed by atoms with Gasteiger partial charge in [0.2, 0.25) is 11.8 Å². The molecule has 1 saturated carbocycles. The van der Waals surface area contributed by atoms with E-state index in [0.717, 1.165) is 0 Å². The zero-order valence-electron chi connectivity index (χ0n) is 12.0. The number of amides is 1. The Balaban J connectivity index is 2.65. The molecule has 1 aliphatic carbocycles. The Kier molecular flexibility index (Phi) is 5.48. The molecule has 4 nitrogen and oxygen atoms in total. The number of hydrogen-bond donors (Lipinski definition) is 2. The summed E-state index contributed by atoms with van der Waals surface area (Å²) in [6, 6.07) is 0. The lowest BCUT2D eigenvalue weighted by molar-refractivity contribution is -0.140. The zero-order chi connectivity index (χ0) is 15.4. The quantitative estimate of drug-likeness (QED) is 0.790. The van der Waals surface area contributed by atoms with Crippen LogP contribution in [-0.4, -0.2) is 28.4 Å². The number of hydrogen-bond acceptors (Lipinski definition) is 2. The fraction of sp³-hybridized carbons (Fsp3) is 0.857. The molecular weight excluding hydrogens is 268 g/mol. The third-order valence-corrected chi connectivity index (χ3v) is 4.32. The zero-order valence-corrected chi connectivity index (χ0v) is 12.0. The minimum Gasteiger partial charge on any atom is -0.481 e. The summed E-state index contributed by atoms with van der Waals surface area (Å²) in [7, 11) is 0. The molecule has 0 spiro atoms. The number of nitrogens with one attached hydrogen (secondary N) is 1. The van der Waals surface area contributed by atoms with Gasteiger partial charge in [-0.05, 0) is 25.7 Å². The first-order valence-corrected chi connectivity index (χ1v) is 7.15. The van der Waals surface area contributed by atoms with Gasteiger partial charge in [0.25, 0.3) is 0 Å². The van der Waals surface area contributed by atoms with E-state index in [-0.39, 0.29) is 38.0 Å². The smallest absolute Gasteiger partial charge is 0.305 e. The van der Waals surface area contributed by atoms with Gasteiger partial charge in [0.15, 0.2) is 0 Å². The van der Waals surface area contributed by atoms with Gasteiger partial charge in [0, 0.05) is 24.3 Å². The van der Waals surface area contributed by atoms with Crippen LogP contribution in [-0.2, 0) is 9.59 Å². The number of carbonyl (C=O) groups excluding carboxylic acids is 1. The van der Waals surface area contributed by atoms with E-state index in [1.54, 1.807) is 0 Å². The van der Waals surface area contributed by atoms with Gasteiger partial charge in [-0.2, -0.15) is 0 Å². The van der Waals surface area contributed by atoms with Crippen molar-refractivity contribution in [2.75, 3.05) is 0 Å². The van der Waals surface area contributed by atoms with Crippen molar-refractivity contribution in [1.82, 2.24) is 5.32 Å². The number of carboxylic acids is 1. The third kappa shape index (κ3) is 4.42. The van der Waals surface area contributed by atoms with Crippen LogP contribution in [0.2, 0.25) is 0 Å². The monoisotopic (exact) mass is 291 g/mol. The summed E-state index contributed by atoms with van der Waals surface area (Å²) >= 11 is 0. The van der Waals surface area contributed by atoms with Gasteiger partial charge in [-0.25, -0.2) is 8.78 Å². The summed E-state index contributed by atoms with van der Waals surface area (Å²) in [5.74, 6) is -4.35. The summed E-state index contributed by atoms with van der Waals surface area (Å²) in [5, 5.41) is 11.7. The van der Waals surface area contributed by atoms with Crippen LogP contribution in [0, 0.1) is 5.92 Å². The summed E-state index contributed by atoms with van der Waals surface area (Å²) in [6.45, 7) is 3.64. The molecule has 1 aliphatic rings. The highest BCUT2D eigenvalue weighted by molar-refractivity contribution is 5.80. The van der Waals surface area contributed by atoms with Crippen molar-refractivity contribution in [3.8, 4) is 0 Å². The minimum absolute atomic E-state index is 0.144. The molecule has 0 aliphatic heterocycles. The van der Waals surface area contributed by atoms with Crippen molar-refractivity contribution in [3.63, 3.8) is 0 Å². The molecule has 0 aromatic rings. The van der Waals surface area contributed by atoms with E-state index in [1.807, 2.05) is 13.8 Å². The standard InChI is InChI=1S/C14H23F2NO3/c1-3-13(4-2,9-11(18)19)17-12(20)10-5-7-14(15,16)8-6-10/h10H,3-9H2,1-2H3,(H,17,20)(H,18,19). The molecule has 6 heteroatoms. The number of carbonyl (C=O) groups is 2. The Morgan fingerprint density at radius 3 is 2.15 bits per heavy atom. The van der Waals surface area contributed by atoms with Crippen molar-refractivity contribution >= 4 is 11.9 Å². The Hall–Kier alpha value is -1.20. The van der Waals surface area contributed by atoms with Crippen molar-refractivity contribution in [2.24, 2.45) is 5.92 Å². The van der Waals surface area contributed by atoms with Crippen LogP contribution in [0.5, 0.6) is 0 Å². The van der Waals surface area contributed by atoms with Crippen LogP contribution in [0.1, 0.15) is 58.8 Å². The maximum Gasteiger partial charge on any atom is 0.305 e. The van der Waals surface area contributed by atoms with E-state index < -0.39 is 23.3 Å². The van der Waals surface area contributed by atoms with Gasteiger partial charge in [-0.15, -0.1) is 0 Å². The lowest BCUT2D eigenvalue weighted by Crippen LogP contribution is -2.51. The van der Waals surface area contributed by atoms with E-state index in [1.165, 1.54) is 0 Å². The van der Waals surface area contributed by atoms with Crippen LogP contribution < -0.4 is 5.32 Å². The lowest BCUT2D eigenvalue weighted by atomic mass is 9.83. The van der Waals surface area contributed by atoms with E-state index in [0.29, 0.717) is 12.8 Å². The Bertz CT molecular complexity index is 357. The Labute approximate surface area is 117 Å². The van der Waals surface area contributed by atoms with Crippen LogP contribution in [0.15, 0.2) is 0 Å². The van der Waals surface area contributed by atoms with Crippen molar-refractivity contribution in [1.29, 1.82) is 0 Å². The molecule has 0 bridgehead atoms. The number of rotatable bonds is 6. The molecule has 116 valence electrons. The van der Waals surface area contributed by atoms with E-state index >= 15 is 0 Å². The normalized spacial score (nSPS) is 19.6. The largest absolute Gasteiger partial charge is 0.481 e. The summed E-state index contributed by atoms with van der Waals surface area (Å²) < 4.78 is 26.1. The highest BCUT2D eigenvalue weighted by atomic mass is 19.3. The second-order valence-corrected chi connectivity index (χ2v) is 5.68. The molecule has 1 fully saturated rings. The molecule has 0 saturated heterocycles. The summed E-state index contributed by atoms with van der Waals surface area (Å²) in [5.41, 5.74) is -0.775. The van der Waals surface area contributed by atoms with E-state index in [4.69, 9.17) is 5.11 Å². The first-order chi connectivity index (χ1) is 9.23. The number of carboxylic acid groups (broad SMARTS) is 1. The average Bonchev–Trinajstić information content (AvgIpc) is 2.37. The molecule has 1 rings (SSSR count). The summed E-state index contributed by atoms with van der Waals surface area (Å²) in [6.07, 6.45) is 0.652. The highest BCUT2D eigenvalue weighted by Gasteiger charge is 2.39. The summed E-state index contributed by atoms with van der Waals surface area (Å²) in [4.78, 5) is 23.1. The van der Waals surface area contributed by atoms with Gasteiger partial charge in [-0.1, -0.05) is 13.8 Å². The molecular formula is C14H23F2NO3. The van der Waals surface area contributed by atoms with Gasteiger partial charge in [0.05, 0.1) is 6.42 Å². The number of aliphatic carboxylic acids is 1. The van der Waals surface area contributed by atoms with Crippen LogP contribution in [0.4, 0.5) is 8.78 Å². The second-order valence-electron chi connectivity index (χ2n) is 5.68. The van der Waals surface area contributed by atoms with Crippen molar-refractivity contribution in [3.05, 3.63) is 0 Å². The predicted molar refractivity (Wildman–Crippen MR) is 70.6 cm³/mol. The molecule has 0 aromatic heterocycles. The first kappa shape index (κ1) is 16.9. The van der Waals surface area contributed by atoms with Crippen LogP contribution in [0.25, 0.3) is 0 Å². The maximum absolute atomic E-state index is 13.1. The molecule has 0 heterocycles. The van der Waals surface area contributed by atoms with E-state index in [9.17, 15) is 18.4 Å². The van der Waals surface area contributed by atoms with E-state index in [2.05, 4.69) is 5.32 Å². The molecule has 0 unspecified atom stereocenters. The fourth-order valence-electron chi connectivity index (χ4n) is 2.68. The SMILES string of the molecule is CCC(CC)(CC(=O)O)NC(=O)C1CCC(F)(F)CC1.